The monoisotopic (exact) mass is 253 g/mol. The van der Waals surface area contributed by atoms with Gasteiger partial charge in [0.15, 0.2) is 0 Å². The number of carboxylic acid groups (broad SMARTS) is 1. The molecule has 0 amide bonds. The minimum Gasteiger partial charge on any atom is -0.477 e. The quantitative estimate of drug-likeness (QED) is 0.812. The predicted octanol–water partition coefficient (Wildman–Crippen LogP) is 2.85. The lowest BCUT2D eigenvalue weighted by molar-refractivity contribution is -0.135. The van der Waals surface area contributed by atoms with E-state index in [0.29, 0.717) is 11.3 Å². The molecule has 18 heavy (non-hydrogen) atoms. The number of hydrogen-bond donors (Lipinski definition) is 2. The molecule has 2 aliphatic rings. The molecule has 1 fully saturated rings. The summed E-state index contributed by atoms with van der Waals surface area (Å²) in [5, 5.41) is 8.94. The lowest BCUT2D eigenvalue weighted by Crippen LogP contribution is -2.38. The van der Waals surface area contributed by atoms with E-state index in [0.717, 1.165) is 25.7 Å². The molecule has 0 aromatic heterocycles. The molecule has 0 aromatic carbocycles. The van der Waals surface area contributed by atoms with Crippen molar-refractivity contribution in [3.05, 3.63) is 11.8 Å². The van der Waals surface area contributed by atoms with E-state index < -0.39 is 5.97 Å². The first-order valence-electron chi connectivity index (χ1n) is 6.79. The Hall–Kier alpha value is -1.03. The maximum atomic E-state index is 10.9. The van der Waals surface area contributed by atoms with Crippen molar-refractivity contribution in [2.24, 2.45) is 11.3 Å². The van der Waals surface area contributed by atoms with Crippen LogP contribution in [0, 0.1) is 11.3 Å². The maximum Gasteiger partial charge on any atom is 0.354 e. The third-order valence-electron chi connectivity index (χ3n) is 4.85. The van der Waals surface area contributed by atoms with Crippen LogP contribution in [0.2, 0.25) is 0 Å². The molecule has 2 N–H and O–H groups in total. The van der Waals surface area contributed by atoms with Crippen molar-refractivity contribution in [3.63, 3.8) is 0 Å². The molecule has 4 heteroatoms. The molecule has 0 radical (unpaired) electrons. The van der Waals surface area contributed by atoms with Crippen LogP contribution >= 0.6 is 0 Å². The Morgan fingerprint density at radius 1 is 1.56 bits per heavy atom. The summed E-state index contributed by atoms with van der Waals surface area (Å²) in [5.74, 6) is -0.234. The van der Waals surface area contributed by atoms with Crippen LogP contribution in [-0.2, 0) is 9.63 Å². The van der Waals surface area contributed by atoms with Gasteiger partial charge in [0.25, 0.3) is 0 Å². The third-order valence-corrected chi connectivity index (χ3v) is 4.85. The summed E-state index contributed by atoms with van der Waals surface area (Å²) in [5.41, 5.74) is 2.72. The molecule has 0 atom stereocenters. The van der Waals surface area contributed by atoms with Gasteiger partial charge >= 0.3 is 5.97 Å². The van der Waals surface area contributed by atoms with Gasteiger partial charge in [-0.15, -0.1) is 0 Å². The van der Waals surface area contributed by atoms with Crippen LogP contribution in [0.5, 0.6) is 0 Å². The van der Waals surface area contributed by atoms with E-state index in [1.165, 1.54) is 6.42 Å². The SMILES string of the molecule is CCC(C)(C)C1CCC2(C=C(C(=O)O)NO2)CC1. The van der Waals surface area contributed by atoms with Gasteiger partial charge in [-0.05, 0) is 43.1 Å². The summed E-state index contributed by atoms with van der Waals surface area (Å²) in [6.45, 7) is 6.88. The zero-order valence-corrected chi connectivity index (χ0v) is 11.5. The van der Waals surface area contributed by atoms with Crippen molar-refractivity contribution in [2.45, 2.75) is 58.5 Å². The summed E-state index contributed by atoms with van der Waals surface area (Å²) >= 11 is 0. The summed E-state index contributed by atoms with van der Waals surface area (Å²) in [6, 6.07) is 0. The van der Waals surface area contributed by atoms with Crippen molar-refractivity contribution in [1.29, 1.82) is 0 Å². The Kier molecular flexibility index (Phi) is 3.41. The normalized spacial score (nSPS) is 32.2. The van der Waals surface area contributed by atoms with Gasteiger partial charge in [0.1, 0.15) is 11.3 Å². The van der Waals surface area contributed by atoms with Crippen LogP contribution < -0.4 is 5.48 Å². The van der Waals surface area contributed by atoms with Crippen LogP contribution in [0.4, 0.5) is 0 Å². The van der Waals surface area contributed by atoms with Gasteiger partial charge < -0.3 is 5.11 Å². The number of carboxylic acids is 1. The highest BCUT2D eigenvalue weighted by Gasteiger charge is 2.43. The van der Waals surface area contributed by atoms with E-state index in [2.05, 4.69) is 26.3 Å². The number of nitrogens with one attached hydrogen (secondary N) is 1. The summed E-state index contributed by atoms with van der Waals surface area (Å²) in [6.07, 6.45) is 6.96. The summed E-state index contributed by atoms with van der Waals surface area (Å²) in [4.78, 5) is 16.4. The highest BCUT2D eigenvalue weighted by Crippen LogP contribution is 2.46. The summed E-state index contributed by atoms with van der Waals surface area (Å²) < 4.78 is 0. The molecule has 102 valence electrons. The molecule has 4 nitrogen and oxygen atoms in total. The van der Waals surface area contributed by atoms with E-state index in [-0.39, 0.29) is 11.3 Å². The standard InChI is InChI=1S/C14H23NO3/c1-4-13(2,3)10-5-7-14(8-6-10)9-11(12(16)17)15-18-14/h9-10,15H,4-8H2,1-3H3,(H,16,17). The van der Waals surface area contributed by atoms with E-state index in [1.807, 2.05) is 0 Å². The topological polar surface area (TPSA) is 58.6 Å². The van der Waals surface area contributed by atoms with Crippen LogP contribution in [0.25, 0.3) is 0 Å². The highest BCUT2D eigenvalue weighted by atomic mass is 16.7. The Balaban J connectivity index is 2.01. The fourth-order valence-electron chi connectivity index (χ4n) is 3.01. The second kappa shape index (κ2) is 4.57. The van der Waals surface area contributed by atoms with Crippen molar-refractivity contribution in [3.8, 4) is 0 Å². The molecule has 0 aromatic rings. The molecule has 2 rings (SSSR count). The van der Waals surface area contributed by atoms with Crippen LogP contribution in [0.15, 0.2) is 11.8 Å². The number of hydrogen-bond acceptors (Lipinski definition) is 3. The highest BCUT2D eigenvalue weighted by molar-refractivity contribution is 5.86. The molecule has 0 unspecified atom stereocenters. The van der Waals surface area contributed by atoms with Gasteiger partial charge in [0.05, 0.1) is 0 Å². The first-order valence-corrected chi connectivity index (χ1v) is 6.79. The first-order chi connectivity index (χ1) is 8.38. The molecule has 1 aliphatic heterocycles. The molecule has 0 bridgehead atoms. The van der Waals surface area contributed by atoms with Gasteiger partial charge in [-0.25, -0.2) is 4.79 Å². The smallest absolute Gasteiger partial charge is 0.354 e. The van der Waals surface area contributed by atoms with E-state index in [9.17, 15) is 4.79 Å². The Morgan fingerprint density at radius 3 is 2.61 bits per heavy atom. The van der Waals surface area contributed by atoms with Gasteiger partial charge in [-0.2, -0.15) is 0 Å². The Morgan fingerprint density at radius 2 is 2.17 bits per heavy atom. The zero-order valence-electron chi connectivity index (χ0n) is 11.5. The van der Waals surface area contributed by atoms with Crippen LogP contribution in [-0.4, -0.2) is 16.7 Å². The van der Waals surface area contributed by atoms with Crippen LogP contribution in [0.1, 0.15) is 52.9 Å². The van der Waals surface area contributed by atoms with Crippen LogP contribution in [0.3, 0.4) is 0 Å². The van der Waals surface area contributed by atoms with Gasteiger partial charge in [0, 0.05) is 0 Å². The van der Waals surface area contributed by atoms with Crippen molar-refractivity contribution in [1.82, 2.24) is 5.48 Å². The number of hydroxylamine groups is 1. The number of rotatable bonds is 3. The fourth-order valence-corrected chi connectivity index (χ4v) is 3.01. The third kappa shape index (κ3) is 2.39. The minimum absolute atomic E-state index is 0.184. The van der Waals surface area contributed by atoms with E-state index in [1.54, 1.807) is 6.08 Å². The molecular weight excluding hydrogens is 230 g/mol. The first kappa shape index (κ1) is 13.4. The van der Waals surface area contributed by atoms with Gasteiger partial charge in [0.2, 0.25) is 0 Å². The second-order valence-electron chi connectivity index (χ2n) is 6.25. The predicted molar refractivity (Wildman–Crippen MR) is 68.7 cm³/mol. The average Bonchev–Trinajstić information content (AvgIpc) is 2.74. The van der Waals surface area contributed by atoms with E-state index in [4.69, 9.17) is 9.94 Å². The number of aliphatic carboxylic acids is 1. The molecule has 1 heterocycles. The molecular formula is C14H23NO3. The molecule has 1 spiro atoms. The van der Waals surface area contributed by atoms with E-state index >= 15 is 0 Å². The minimum atomic E-state index is -0.942. The maximum absolute atomic E-state index is 10.9. The molecule has 1 saturated carbocycles. The fraction of sp³-hybridized carbons (Fsp3) is 0.786. The average molecular weight is 253 g/mol. The lowest BCUT2D eigenvalue weighted by Gasteiger charge is -2.41. The second-order valence-corrected chi connectivity index (χ2v) is 6.25. The molecule has 0 saturated heterocycles. The van der Waals surface area contributed by atoms with Crippen molar-refractivity contribution < 1.29 is 14.7 Å². The lowest BCUT2D eigenvalue weighted by atomic mass is 9.66. The largest absolute Gasteiger partial charge is 0.477 e. The van der Waals surface area contributed by atoms with Gasteiger partial charge in [-0.3, -0.25) is 10.3 Å². The van der Waals surface area contributed by atoms with Gasteiger partial charge in [-0.1, -0.05) is 27.2 Å². The Bertz CT molecular complexity index is 365. The van der Waals surface area contributed by atoms with Crippen molar-refractivity contribution >= 4 is 5.97 Å². The Labute approximate surface area is 108 Å². The molecule has 1 aliphatic carbocycles. The summed E-state index contributed by atoms with van der Waals surface area (Å²) in [7, 11) is 0. The zero-order chi connectivity index (χ0) is 13.4. The van der Waals surface area contributed by atoms with Crippen molar-refractivity contribution in [2.75, 3.05) is 0 Å². The number of carbonyl (C=O) groups is 1.